The summed E-state index contributed by atoms with van der Waals surface area (Å²) in [5.41, 5.74) is 1.89. The fraction of sp³-hybridized carbons (Fsp3) is 0.722. The summed E-state index contributed by atoms with van der Waals surface area (Å²) in [6.45, 7) is 3.25. The molecule has 1 aromatic rings. The molecule has 0 bridgehead atoms. The highest BCUT2D eigenvalue weighted by Crippen LogP contribution is 2.36. The summed E-state index contributed by atoms with van der Waals surface area (Å²) in [5, 5.41) is 2.91. The molecule has 1 saturated carbocycles. The molecule has 2 heterocycles. The highest BCUT2D eigenvalue weighted by molar-refractivity contribution is 5.78. The maximum absolute atomic E-state index is 13.2. The Morgan fingerprint density at radius 1 is 1.36 bits per heavy atom. The third kappa shape index (κ3) is 4.32. The monoisotopic (exact) mass is 352 g/mol. The van der Waals surface area contributed by atoms with Crippen LogP contribution in [0, 0.1) is 12.8 Å². The molecule has 2 aliphatic rings. The average molecular weight is 352 g/mol. The van der Waals surface area contributed by atoms with Crippen LogP contribution in [0.2, 0.25) is 0 Å². The van der Waals surface area contributed by atoms with Gasteiger partial charge < -0.3 is 5.32 Å². The number of hydrogen-bond donors (Lipinski definition) is 1. The van der Waals surface area contributed by atoms with Crippen molar-refractivity contribution < 1.29 is 13.6 Å². The molecule has 138 valence electrons. The molecule has 0 aromatic carbocycles. The number of alkyl halides is 2. The largest absolute Gasteiger partial charge is 0.352 e. The van der Waals surface area contributed by atoms with E-state index in [1.54, 1.807) is 6.20 Å². The van der Waals surface area contributed by atoms with Crippen LogP contribution >= 0.6 is 0 Å². The first kappa shape index (κ1) is 18.2. The predicted octanol–water partition coefficient (Wildman–Crippen LogP) is 2.99. The van der Waals surface area contributed by atoms with Crippen molar-refractivity contribution in [1.29, 1.82) is 0 Å². The molecule has 1 atom stereocenters. The lowest BCUT2D eigenvalue weighted by Gasteiger charge is -2.27. The predicted molar refractivity (Wildman–Crippen MR) is 90.1 cm³/mol. The molecular formula is C18H26F2N4O. The van der Waals surface area contributed by atoms with Gasteiger partial charge in [0.2, 0.25) is 11.8 Å². The molecule has 0 spiro atoms. The van der Waals surface area contributed by atoms with Crippen molar-refractivity contribution in [3.05, 3.63) is 23.3 Å². The van der Waals surface area contributed by atoms with Crippen molar-refractivity contribution >= 4 is 5.91 Å². The van der Waals surface area contributed by atoms with E-state index in [2.05, 4.69) is 27.2 Å². The van der Waals surface area contributed by atoms with E-state index < -0.39 is 5.92 Å². The Kier molecular flexibility index (Phi) is 5.32. The Morgan fingerprint density at radius 2 is 2.08 bits per heavy atom. The first-order valence-electron chi connectivity index (χ1n) is 9.04. The number of hydrogen-bond acceptors (Lipinski definition) is 4. The number of nitrogens with one attached hydrogen (secondary N) is 1. The number of carbonyl (C=O) groups is 1. The summed E-state index contributed by atoms with van der Waals surface area (Å²) >= 11 is 0. The quantitative estimate of drug-likeness (QED) is 0.905. The summed E-state index contributed by atoms with van der Waals surface area (Å²) in [4.78, 5) is 23.5. The number of nitrogens with zero attached hydrogens (tertiary/aromatic N) is 3. The van der Waals surface area contributed by atoms with Gasteiger partial charge in [-0.25, -0.2) is 18.7 Å². The van der Waals surface area contributed by atoms with E-state index in [0.717, 1.165) is 36.5 Å². The highest BCUT2D eigenvalue weighted by Gasteiger charge is 2.37. The molecule has 1 aromatic heterocycles. The van der Waals surface area contributed by atoms with Crippen LogP contribution in [0.1, 0.15) is 61.6 Å². The third-order valence-electron chi connectivity index (χ3n) is 5.40. The lowest BCUT2D eigenvalue weighted by molar-refractivity contribution is -0.129. The lowest BCUT2D eigenvalue weighted by atomic mass is 9.86. The molecule has 3 rings (SSSR count). The molecular weight excluding hydrogens is 326 g/mol. The Hall–Kier alpha value is -1.63. The maximum Gasteiger partial charge on any atom is 0.248 e. The second kappa shape index (κ2) is 7.32. The number of amides is 1. The van der Waals surface area contributed by atoms with Gasteiger partial charge in [-0.15, -0.1) is 0 Å². The zero-order chi connectivity index (χ0) is 18.0. The van der Waals surface area contributed by atoms with Gasteiger partial charge in [0.25, 0.3) is 0 Å². The van der Waals surface area contributed by atoms with Gasteiger partial charge in [0.05, 0.1) is 11.7 Å². The van der Waals surface area contributed by atoms with Crippen molar-refractivity contribution in [2.24, 2.45) is 5.92 Å². The zero-order valence-electron chi connectivity index (χ0n) is 14.9. The second-order valence-electron chi connectivity index (χ2n) is 7.31. The molecule has 1 aliphatic heterocycles. The number of rotatable bonds is 4. The van der Waals surface area contributed by atoms with E-state index in [1.807, 2.05) is 6.92 Å². The van der Waals surface area contributed by atoms with Gasteiger partial charge in [0.1, 0.15) is 5.82 Å². The number of aromatic nitrogens is 2. The summed E-state index contributed by atoms with van der Waals surface area (Å²) in [5.74, 6) is -2.34. The molecule has 0 radical (unpaired) electrons. The normalized spacial score (nSPS) is 24.4. The minimum atomic E-state index is -2.61. The fourth-order valence-electron chi connectivity index (χ4n) is 3.82. The van der Waals surface area contributed by atoms with E-state index in [-0.39, 0.29) is 43.6 Å². The van der Waals surface area contributed by atoms with Gasteiger partial charge >= 0.3 is 0 Å². The number of aryl methyl sites for hydroxylation is 1. The van der Waals surface area contributed by atoms with Crippen LogP contribution in [0.4, 0.5) is 8.78 Å². The van der Waals surface area contributed by atoms with Gasteiger partial charge in [-0.05, 0) is 46.2 Å². The van der Waals surface area contributed by atoms with E-state index in [1.165, 1.54) is 0 Å². The Bertz CT molecular complexity index is 628. The van der Waals surface area contributed by atoms with Crippen LogP contribution in [0.25, 0.3) is 0 Å². The summed E-state index contributed by atoms with van der Waals surface area (Å²) < 4.78 is 26.5. The van der Waals surface area contributed by atoms with Crippen molar-refractivity contribution in [1.82, 2.24) is 20.2 Å². The fourth-order valence-corrected chi connectivity index (χ4v) is 3.82. The van der Waals surface area contributed by atoms with Crippen molar-refractivity contribution in [3.8, 4) is 0 Å². The van der Waals surface area contributed by atoms with E-state index in [0.29, 0.717) is 6.54 Å². The summed E-state index contributed by atoms with van der Waals surface area (Å²) in [6, 6.07) is 0.252. The highest BCUT2D eigenvalue weighted by atomic mass is 19.3. The maximum atomic E-state index is 13.2. The molecule has 5 nitrogen and oxygen atoms in total. The third-order valence-corrected chi connectivity index (χ3v) is 5.40. The number of carbonyl (C=O) groups excluding carboxylic acids is 1. The van der Waals surface area contributed by atoms with Crippen molar-refractivity contribution in [3.63, 3.8) is 0 Å². The van der Waals surface area contributed by atoms with Gasteiger partial charge in [-0.3, -0.25) is 9.69 Å². The standard InChI is InChI=1S/C18H26F2N4O/c1-12-21-10-14(16(23-12)15-4-3-9-24(15)2)11-22-17(25)13-5-7-18(19,20)8-6-13/h10,13,15H,3-9,11H2,1-2H3,(H,22,25)/t15-/m1/s1. The van der Waals surface area contributed by atoms with Crippen LogP contribution in [0.3, 0.4) is 0 Å². The SMILES string of the molecule is Cc1ncc(CNC(=O)C2CCC(F)(F)CC2)c([C@H]2CCCN2C)n1. The van der Waals surface area contributed by atoms with Crippen molar-refractivity contribution in [2.75, 3.05) is 13.6 Å². The molecule has 1 saturated heterocycles. The summed E-state index contributed by atoms with van der Waals surface area (Å²) in [7, 11) is 2.08. The molecule has 2 fully saturated rings. The summed E-state index contributed by atoms with van der Waals surface area (Å²) in [6.07, 6.45) is 4.06. The van der Waals surface area contributed by atoms with Crippen LogP contribution in [0.5, 0.6) is 0 Å². The molecule has 25 heavy (non-hydrogen) atoms. The molecule has 1 aliphatic carbocycles. The van der Waals surface area contributed by atoms with E-state index in [9.17, 15) is 13.6 Å². The molecule has 1 amide bonds. The van der Waals surface area contributed by atoms with Crippen molar-refractivity contribution in [2.45, 2.75) is 64.0 Å². The Morgan fingerprint density at radius 3 is 2.72 bits per heavy atom. The smallest absolute Gasteiger partial charge is 0.248 e. The van der Waals surface area contributed by atoms with Gasteiger partial charge in [-0.1, -0.05) is 0 Å². The number of halogens is 2. The van der Waals surface area contributed by atoms with Crippen LogP contribution in [-0.4, -0.2) is 40.3 Å². The Balaban J connectivity index is 1.64. The molecule has 1 N–H and O–H groups in total. The minimum absolute atomic E-state index is 0.137. The first-order valence-corrected chi connectivity index (χ1v) is 9.04. The van der Waals surface area contributed by atoms with E-state index in [4.69, 9.17) is 0 Å². The lowest BCUT2D eigenvalue weighted by Crippen LogP contribution is -2.36. The number of likely N-dealkylation sites (tertiary alicyclic amines) is 1. The first-order chi connectivity index (χ1) is 11.9. The Labute approximate surface area is 147 Å². The molecule has 0 unspecified atom stereocenters. The van der Waals surface area contributed by atoms with Gasteiger partial charge in [-0.2, -0.15) is 0 Å². The van der Waals surface area contributed by atoms with E-state index >= 15 is 0 Å². The van der Waals surface area contributed by atoms with Crippen LogP contribution in [-0.2, 0) is 11.3 Å². The van der Waals surface area contributed by atoms with Gasteiger partial charge in [0, 0.05) is 37.1 Å². The average Bonchev–Trinajstić information content (AvgIpc) is 2.99. The topological polar surface area (TPSA) is 58.1 Å². The molecule has 7 heteroatoms. The van der Waals surface area contributed by atoms with Crippen LogP contribution in [0.15, 0.2) is 6.20 Å². The van der Waals surface area contributed by atoms with Crippen LogP contribution < -0.4 is 5.32 Å². The van der Waals surface area contributed by atoms with Gasteiger partial charge in [0.15, 0.2) is 0 Å². The minimum Gasteiger partial charge on any atom is -0.352 e. The second-order valence-corrected chi connectivity index (χ2v) is 7.31. The zero-order valence-corrected chi connectivity index (χ0v) is 14.9.